The van der Waals surface area contributed by atoms with Crippen LogP contribution in [0, 0.1) is 0 Å². The predicted octanol–water partition coefficient (Wildman–Crippen LogP) is 3.96. The highest BCUT2D eigenvalue weighted by Gasteiger charge is 2.21. The van der Waals surface area contributed by atoms with Crippen molar-refractivity contribution in [2.75, 3.05) is 6.61 Å². The summed E-state index contributed by atoms with van der Waals surface area (Å²) in [6.45, 7) is 2.56. The zero-order valence-electron chi connectivity index (χ0n) is 13.0. The summed E-state index contributed by atoms with van der Waals surface area (Å²) >= 11 is 11.7. The van der Waals surface area contributed by atoms with E-state index < -0.39 is 15.6 Å². The lowest BCUT2D eigenvalue weighted by molar-refractivity contribution is 0.305. The maximum Gasteiger partial charge on any atom is 0.272 e. The molecule has 0 aliphatic heterocycles. The van der Waals surface area contributed by atoms with Gasteiger partial charge in [0.25, 0.3) is 15.6 Å². The number of halogens is 2. The Balaban J connectivity index is 2.29. The van der Waals surface area contributed by atoms with Crippen molar-refractivity contribution < 1.29 is 13.2 Å². The predicted molar refractivity (Wildman–Crippen MR) is 94.8 cm³/mol. The zero-order valence-corrected chi connectivity index (χ0v) is 15.4. The maximum atomic E-state index is 12.6. The minimum absolute atomic E-state index is 0.0470. The van der Waals surface area contributed by atoms with Crippen molar-refractivity contribution in [3.05, 3.63) is 56.9 Å². The first kappa shape index (κ1) is 18.8. The second kappa shape index (κ2) is 8.05. The molecule has 1 aromatic carbocycles. The molecule has 0 atom stereocenters. The number of aromatic nitrogens is 1. The Hall–Kier alpha value is -1.50. The van der Waals surface area contributed by atoms with Crippen LogP contribution >= 0.6 is 23.2 Å². The van der Waals surface area contributed by atoms with Crippen LogP contribution in [0.1, 0.15) is 26.2 Å². The monoisotopic (exact) mass is 389 g/mol. The van der Waals surface area contributed by atoms with E-state index in [1.165, 1.54) is 24.3 Å². The van der Waals surface area contributed by atoms with Crippen LogP contribution in [-0.4, -0.2) is 19.0 Å². The van der Waals surface area contributed by atoms with Crippen molar-refractivity contribution in [3.63, 3.8) is 0 Å². The molecule has 1 aromatic heterocycles. The van der Waals surface area contributed by atoms with E-state index in [0.717, 1.165) is 31.5 Å². The average Bonchev–Trinajstić information content (AvgIpc) is 2.51. The van der Waals surface area contributed by atoms with Crippen molar-refractivity contribution in [2.24, 2.45) is 0 Å². The van der Waals surface area contributed by atoms with Gasteiger partial charge in [-0.3, -0.25) is 4.79 Å². The summed E-state index contributed by atoms with van der Waals surface area (Å²) < 4.78 is 31.3. The molecule has 8 heteroatoms. The van der Waals surface area contributed by atoms with E-state index in [2.05, 4.69) is 6.92 Å². The summed E-state index contributed by atoms with van der Waals surface area (Å²) in [5.41, 5.74) is -0.714. The summed E-state index contributed by atoms with van der Waals surface area (Å²) in [7, 11) is -4.10. The Morgan fingerprint density at radius 1 is 1.12 bits per heavy atom. The van der Waals surface area contributed by atoms with Crippen molar-refractivity contribution in [1.29, 1.82) is 0 Å². The van der Waals surface area contributed by atoms with Gasteiger partial charge in [-0.25, -0.2) is 12.4 Å². The van der Waals surface area contributed by atoms with E-state index in [0.29, 0.717) is 21.4 Å². The summed E-state index contributed by atoms with van der Waals surface area (Å²) in [5, 5.41) is 0.261. The molecule has 0 aliphatic rings. The second-order valence-electron chi connectivity index (χ2n) is 5.13. The van der Waals surface area contributed by atoms with Crippen LogP contribution in [0.2, 0.25) is 10.0 Å². The first-order valence-electron chi connectivity index (χ1n) is 7.42. The van der Waals surface area contributed by atoms with E-state index in [1.54, 1.807) is 0 Å². The van der Waals surface area contributed by atoms with Crippen molar-refractivity contribution in [3.8, 4) is 5.75 Å². The minimum Gasteiger partial charge on any atom is -0.493 e. The molecule has 0 bridgehead atoms. The number of hydrogen-bond donors (Lipinski definition) is 0. The molecule has 0 fully saturated rings. The van der Waals surface area contributed by atoms with E-state index >= 15 is 0 Å². The van der Waals surface area contributed by atoms with Crippen LogP contribution in [0.4, 0.5) is 0 Å². The molecular weight excluding hydrogens is 373 g/mol. The van der Waals surface area contributed by atoms with Gasteiger partial charge >= 0.3 is 0 Å². The quantitative estimate of drug-likeness (QED) is 0.672. The van der Waals surface area contributed by atoms with E-state index in [-0.39, 0.29) is 9.92 Å². The number of ether oxygens (including phenoxy) is 1. The highest BCUT2D eigenvalue weighted by molar-refractivity contribution is 7.90. The molecule has 5 nitrogen and oxygen atoms in total. The number of hydrogen-bond acceptors (Lipinski definition) is 4. The maximum absolute atomic E-state index is 12.6. The van der Waals surface area contributed by atoms with Crippen LogP contribution in [0.25, 0.3) is 0 Å². The first-order chi connectivity index (χ1) is 11.4. The van der Waals surface area contributed by atoms with Gasteiger partial charge in [0.05, 0.1) is 11.6 Å². The number of benzene rings is 1. The fraction of sp³-hybridized carbons (Fsp3) is 0.312. The number of rotatable bonds is 7. The Morgan fingerprint density at radius 3 is 2.50 bits per heavy atom. The number of nitrogens with zero attached hydrogens (tertiary/aromatic N) is 1. The molecule has 2 aromatic rings. The van der Waals surface area contributed by atoms with Crippen molar-refractivity contribution in [1.82, 2.24) is 3.97 Å². The van der Waals surface area contributed by atoms with Crippen LogP contribution in [0.15, 0.2) is 46.2 Å². The Morgan fingerprint density at radius 2 is 1.88 bits per heavy atom. The third-order valence-corrected chi connectivity index (χ3v) is 5.70. The van der Waals surface area contributed by atoms with Crippen LogP contribution < -0.4 is 10.3 Å². The molecule has 0 saturated heterocycles. The third kappa shape index (κ3) is 4.32. The molecule has 0 spiro atoms. The molecule has 0 saturated carbocycles. The molecule has 0 unspecified atom stereocenters. The van der Waals surface area contributed by atoms with E-state index in [9.17, 15) is 13.2 Å². The third-order valence-electron chi connectivity index (χ3n) is 3.30. The lowest BCUT2D eigenvalue weighted by Gasteiger charge is -2.11. The summed E-state index contributed by atoms with van der Waals surface area (Å²) in [5.74, 6) is 0.338. The Bertz CT molecular complexity index is 878. The molecule has 0 N–H and O–H groups in total. The molecule has 0 aliphatic carbocycles. The summed E-state index contributed by atoms with van der Waals surface area (Å²) in [6, 6.07) is 6.56. The molecule has 2 rings (SSSR count). The molecular formula is C16H17Cl2NO4S. The first-order valence-corrected chi connectivity index (χ1v) is 9.62. The molecule has 0 radical (unpaired) electrons. The van der Waals surface area contributed by atoms with Gasteiger partial charge in [-0.15, -0.1) is 0 Å². The van der Waals surface area contributed by atoms with Gasteiger partial charge in [0.15, 0.2) is 0 Å². The van der Waals surface area contributed by atoms with Gasteiger partial charge in [0, 0.05) is 17.3 Å². The SMILES string of the molecule is CCCCCOc1ccn(S(=O)(=O)c2ccc(Cl)cc2Cl)c(=O)c1. The topological polar surface area (TPSA) is 65.4 Å². The van der Waals surface area contributed by atoms with Gasteiger partial charge in [-0.05, 0) is 30.7 Å². The second-order valence-corrected chi connectivity index (χ2v) is 7.76. The highest BCUT2D eigenvalue weighted by Crippen LogP contribution is 2.26. The van der Waals surface area contributed by atoms with Crippen LogP contribution in [0.3, 0.4) is 0 Å². The fourth-order valence-electron chi connectivity index (χ4n) is 2.07. The largest absolute Gasteiger partial charge is 0.493 e. The van der Waals surface area contributed by atoms with E-state index in [1.807, 2.05) is 0 Å². The van der Waals surface area contributed by atoms with Gasteiger partial charge in [0.2, 0.25) is 0 Å². The Kier molecular flexibility index (Phi) is 6.32. The molecule has 130 valence electrons. The zero-order chi connectivity index (χ0) is 17.7. The number of unbranched alkanes of at least 4 members (excludes halogenated alkanes) is 2. The smallest absolute Gasteiger partial charge is 0.272 e. The van der Waals surface area contributed by atoms with Gasteiger partial charge in [-0.2, -0.15) is 0 Å². The standard InChI is InChI=1S/C16H17Cl2NO4S/c1-2-3-4-9-23-13-7-8-19(16(20)11-13)24(21,22)15-6-5-12(17)10-14(15)18/h5-8,10-11H,2-4,9H2,1H3. The van der Waals surface area contributed by atoms with E-state index in [4.69, 9.17) is 27.9 Å². The average molecular weight is 390 g/mol. The molecule has 24 heavy (non-hydrogen) atoms. The van der Waals surface area contributed by atoms with Gasteiger partial charge in [0.1, 0.15) is 10.6 Å². The fourth-order valence-corrected chi connectivity index (χ4v) is 4.04. The summed E-state index contributed by atoms with van der Waals surface area (Å²) in [6.07, 6.45) is 4.13. The highest BCUT2D eigenvalue weighted by atomic mass is 35.5. The lowest BCUT2D eigenvalue weighted by Crippen LogP contribution is -2.26. The molecule has 1 heterocycles. The summed E-state index contributed by atoms with van der Waals surface area (Å²) in [4.78, 5) is 12.0. The van der Waals surface area contributed by atoms with Crippen molar-refractivity contribution in [2.45, 2.75) is 31.1 Å². The van der Waals surface area contributed by atoms with Crippen LogP contribution in [-0.2, 0) is 10.0 Å². The molecule has 0 amide bonds. The normalized spacial score (nSPS) is 11.5. The van der Waals surface area contributed by atoms with Gasteiger partial charge in [-0.1, -0.05) is 43.0 Å². The Labute approximate surface area is 150 Å². The van der Waals surface area contributed by atoms with Crippen LogP contribution in [0.5, 0.6) is 5.75 Å². The number of pyridine rings is 1. The lowest BCUT2D eigenvalue weighted by atomic mass is 10.3. The minimum atomic E-state index is -4.10. The van der Waals surface area contributed by atoms with Gasteiger partial charge < -0.3 is 4.74 Å². The van der Waals surface area contributed by atoms with Crippen molar-refractivity contribution >= 4 is 33.2 Å².